The third-order valence-corrected chi connectivity index (χ3v) is 3.70. The SMILES string of the molecule is O=C(/C(=C\Nc1ccc(Cl)cc1)c1ccccn1)c1ccccc1. The van der Waals surface area contributed by atoms with Crippen LogP contribution in [0.5, 0.6) is 0 Å². The van der Waals surface area contributed by atoms with Gasteiger partial charge in [0.05, 0.1) is 11.3 Å². The number of anilines is 1. The Morgan fingerprint density at radius 3 is 2.29 bits per heavy atom. The molecule has 118 valence electrons. The van der Waals surface area contributed by atoms with Gasteiger partial charge in [0.25, 0.3) is 0 Å². The molecular weight excluding hydrogens is 320 g/mol. The van der Waals surface area contributed by atoms with Crippen LogP contribution in [0, 0.1) is 0 Å². The lowest BCUT2D eigenvalue weighted by atomic mass is 10.0. The van der Waals surface area contributed by atoms with Crippen LogP contribution in [0.15, 0.2) is 85.2 Å². The summed E-state index contributed by atoms with van der Waals surface area (Å²) in [5.74, 6) is -0.0873. The van der Waals surface area contributed by atoms with Crippen molar-refractivity contribution in [1.29, 1.82) is 0 Å². The largest absolute Gasteiger partial charge is 0.361 e. The number of Topliss-reactive ketones (excluding diaryl/α,β-unsaturated/α-hetero) is 1. The summed E-state index contributed by atoms with van der Waals surface area (Å²) in [6, 6.07) is 21.9. The molecule has 24 heavy (non-hydrogen) atoms. The van der Waals surface area contributed by atoms with Crippen molar-refractivity contribution in [2.24, 2.45) is 0 Å². The summed E-state index contributed by atoms with van der Waals surface area (Å²) in [5, 5.41) is 3.80. The highest BCUT2D eigenvalue weighted by molar-refractivity contribution is 6.30. The van der Waals surface area contributed by atoms with E-state index in [0.29, 0.717) is 21.9 Å². The molecule has 0 aliphatic heterocycles. The minimum atomic E-state index is -0.0873. The topological polar surface area (TPSA) is 42.0 Å². The van der Waals surface area contributed by atoms with Crippen molar-refractivity contribution in [3.05, 3.63) is 101 Å². The summed E-state index contributed by atoms with van der Waals surface area (Å²) in [5.41, 5.74) is 2.57. The molecule has 0 spiro atoms. The Hall–Kier alpha value is -2.91. The molecular formula is C20H15ClN2O. The maximum atomic E-state index is 12.9. The zero-order valence-corrected chi connectivity index (χ0v) is 13.6. The molecule has 1 heterocycles. The molecule has 4 heteroatoms. The number of pyridine rings is 1. The van der Waals surface area contributed by atoms with Crippen LogP contribution in [-0.2, 0) is 0 Å². The minimum absolute atomic E-state index is 0.0873. The lowest BCUT2D eigenvalue weighted by molar-refractivity contribution is 0.105. The van der Waals surface area contributed by atoms with Crippen LogP contribution in [0.25, 0.3) is 5.57 Å². The fraction of sp³-hybridized carbons (Fsp3) is 0. The van der Waals surface area contributed by atoms with Gasteiger partial charge in [0.15, 0.2) is 5.78 Å². The number of aromatic nitrogens is 1. The van der Waals surface area contributed by atoms with E-state index in [-0.39, 0.29) is 5.78 Å². The summed E-state index contributed by atoms with van der Waals surface area (Å²) in [4.78, 5) is 17.2. The van der Waals surface area contributed by atoms with Gasteiger partial charge >= 0.3 is 0 Å². The van der Waals surface area contributed by atoms with Crippen LogP contribution >= 0.6 is 11.6 Å². The highest BCUT2D eigenvalue weighted by atomic mass is 35.5. The van der Waals surface area contributed by atoms with Gasteiger partial charge in [-0.15, -0.1) is 0 Å². The smallest absolute Gasteiger partial charge is 0.196 e. The van der Waals surface area contributed by atoms with Crippen molar-refractivity contribution in [2.45, 2.75) is 0 Å². The van der Waals surface area contributed by atoms with E-state index in [0.717, 1.165) is 5.69 Å². The summed E-state index contributed by atoms with van der Waals surface area (Å²) in [6.45, 7) is 0. The first kappa shape index (κ1) is 16.0. The molecule has 3 aromatic rings. The number of halogens is 1. The molecule has 3 nitrogen and oxygen atoms in total. The van der Waals surface area contributed by atoms with Gasteiger partial charge in [-0.1, -0.05) is 48.0 Å². The van der Waals surface area contributed by atoms with Crippen molar-refractivity contribution >= 4 is 28.6 Å². The Morgan fingerprint density at radius 2 is 1.62 bits per heavy atom. The lowest BCUT2D eigenvalue weighted by Crippen LogP contribution is -2.06. The van der Waals surface area contributed by atoms with E-state index in [2.05, 4.69) is 10.3 Å². The Morgan fingerprint density at radius 1 is 0.917 bits per heavy atom. The maximum absolute atomic E-state index is 12.9. The fourth-order valence-electron chi connectivity index (χ4n) is 2.22. The Balaban J connectivity index is 1.94. The first-order chi connectivity index (χ1) is 11.7. The number of allylic oxidation sites excluding steroid dienone is 1. The number of rotatable bonds is 5. The number of ketones is 1. The first-order valence-corrected chi connectivity index (χ1v) is 7.85. The normalized spacial score (nSPS) is 11.1. The maximum Gasteiger partial charge on any atom is 0.196 e. The van der Waals surface area contributed by atoms with Gasteiger partial charge in [0.1, 0.15) is 0 Å². The minimum Gasteiger partial charge on any atom is -0.361 e. The van der Waals surface area contributed by atoms with E-state index in [1.54, 1.807) is 36.7 Å². The van der Waals surface area contributed by atoms with Crippen molar-refractivity contribution in [3.63, 3.8) is 0 Å². The Labute approximate surface area is 145 Å². The number of carbonyl (C=O) groups is 1. The second-order valence-electron chi connectivity index (χ2n) is 5.12. The standard InChI is InChI=1S/C20H15ClN2O/c21-16-9-11-17(12-10-16)23-14-18(19-8-4-5-13-22-19)20(24)15-6-2-1-3-7-15/h1-14,23H/b18-14-. The molecule has 1 N–H and O–H groups in total. The fourth-order valence-corrected chi connectivity index (χ4v) is 2.35. The lowest BCUT2D eigenvalue weighted by Gasteiger charge is -2.08. The molecule has 0 aliphatic rings. The summed E-state index contributed by atoms with van der Waals surface area (Å²) < 4.78 is 0. The van der Waals surface area contributed by atoms with Gasteiger partial charge in [-0.25, -0.2) is 0 Å². The molecule has 0 amide bonds. The van der Waals surface area contributed by atoms with Gasteiger partial charge in [0, 0.05) is 28.7 Å². The molecule has 0 radical (unpaired) electrons. The van der Waals surface area contributed by atoms with Gasteiger partial charge in [0.2, 0.25) is 0 Å². The van der Waals surface area contributed by atoms with Crippen LogP contribution in [0.1, 0.15) is 16.1 Å². The Kier molecular flexibility index (Phi) is 5.04. The summed E-state index contributed by atoms with van der Waals surface area (Å²) in [7, 11) is 0. The summed E-state index contributed by atoms with van der Waals surface area (Å²) >= 11 is 5.89. The van der Waals surface area contributed by atoms with Gasteiger partial charge in [-0.2, -0.15) is 0 Å². The van der Waals surface area contributed by atoms with Gasteiger partial charge < -0.3 is 5.32 Å². The number of nitrogens with one attached hydrogen (secondary N) is 1. The van der Waals surface area contributed by atoms with E-state index in [1.807, 2.05) is 48.5 Å². The number of benzene rings is 2. The number of carbonyl (C=O) groups excluding carboxylic acids is 1. The zero-order chi connectivity index (χ0) is 16.8. The van der Waals surface area contributed by atoms with Gasteiger partial charge in [-0.05, 0) is 36.4 Å². The second kappa shape index (κ2) is 7.57. The number of hydrogen-bond donors (Lipinski definition) is 1. The van der Waals surface area contributed by atoms with Crippen LogP contribution in [-0.4, -0.2) is 10.8 Å². The molecule has 2 aromatic carbocycles. The number of nitrogens with zero attached hydrogens (tertiary/aromatic N) is 1. The molecule has 0 unspecified atom stereocenters. The van der Waals surface area contributed by atoms with Crippen LogP contribution in [0.2, 0.25) is 5.02 Å². The Bertz CT molecular complexity index is 844. The highest BCUT2D eigenvalue weighted by Gasteiger charge is 2.15. The molecule has 0 bridgehead atoms. The van der Waals surface area contributed by atoms with Crippen molar-refractivity contribution < 1.29 is 4.79 Å². The monoisotopic (exact) mass is 334 g/mol. The molecule has 0 fully saturated rings. The summed E-state index contributed by atoms with van der Waals surface area (Å²) in [6.07, 6.45) is 3.35. The molecule has 3 rings (SSSR count). The average molecular weight is 335 g/mol. The van der Waals surface area contributed by atoms with Crippen molar-refractivity contribution in [3.8, 4) is 0 Å². The van der Waals surface area contributed by atoms with E-state index in [1.165, 1.54) is 0 Å². The van der Waals surface area contributed by atoms with E-state index < -0.39 is 0 Å². The molecule has 0 atom stereocenters. The quantitative estimate of drug-likeness (QED) is 0.523. The molecule has 0 saturated carbocycles. The molecule has 0 saturated heterocycles. The van der Waals surface area contributed by atoms with Crippen molar-refractivity contribution in [2.75, 3.05) is 5.32 Å². The van der Waals surface area contributed by atoms with Crippen molar-refractivity contribution in [1.82, 2.24) is 4.98 Å². The van der Waals surface area contributed by atoms with E-state index in [9.17, 15) is 4.79 Å². The first-order valence-electron chi connectivity index (χ1n) is 7.47. The average Bonchev–Trinajstić information content (AvgIpc) is 2.65. The third-order valence-electron chi connectivity index (χ3n) is 3.45. The third kappa shape index (κ3) is 3.89. The van der Waals surface area contributed by atoms with Crippen LogP contribution < -0.4 is 5.32 Å². The highest BCUT2D eigenvalue weighted by Crippen LogP contribution is 2.19. The van der Waals surface area contributed by atoms with E-state index in [4.69, 9.17) is 11.6 Å². The second-order valence-corrected chi connectivity index (χ2v) is 5.56. The number of hydrogen-bond acceptors (Lipinski definition) is 3. The van der Waals surface area contributed by atoms with Crippen LogP contribution in [0.3, 0.4) is 0 Å². The van der Waals surface area contributed by atoms with Crippen LogP contribution in [0.4, 0.5) is 5.69 Å². The zero-order valence-electron chi connectivity index (χ0n) is 12.8. The van der Waals surface area contributed by atoms with E-state index >= 15 is 0 Å². The molecule has 1 aromatic heterocycles. The predicted octanol–water partition coefficient (Wildman–Crippen LogP) is 5.07. The van der Waals surface area contributed by atoms with Gasteiger partial charge in [-0.3, -0.25) is 9.78 Å². The predicted molar refractivity (Wildman–Crippen MR) is 98.1 cm³/mol. The molecule has 0 aliphatic carbocycles.